The molecule has 2 rings (SSSR count). The van der Waals surface area contributed by atoms with Crippen LogP contribution in [0.5, 0.6) is 0 Å². The Balaban J connectivity index is 2.04. The molecular formula is C16H23N3O. The van der Waals surface area contributed by atoms with E-state index < -0.39 is 5.60 Å². The molecule has 20 heavy (non-hydrogen) atoms. The van der Waals surface area contributed by atoms with Crippen molar-refractivity contribution in [2.75, 3.05) is 0 Å². The lowest BCUT2D eigenvalue weighted by molar-refractivity contribution is -0.00546. The fraction of sp³-hybridized carbons (Fsp3) is 0.438. The summed E-state index contributed by atoms with van der Waals surface area (Å²) < 4.78 is 1.86. The van der Waals surface area contributed by atoms with Crippen LogP contribution in [0, 0.1) is 0 Å². The smallest absolute Gasteiger partial charge is 0.0767 e. The number of nitrogens with zero attached hydrogens (tertiary/aromatic N) is 2. The summed E-state index contributed by atoms with van der Waals surface area (Å²) in [6.07, 6.45) is 1.95. The summed E-state index contributed by atoms with van der Waals surface area (Å²) in [4.78, 5) is 0. The molecule has 2 N–H and O–H groups in total. The molecule has 4 nitrogen and oxygen atoms in total. The predicted molar refractivity (Wildman–Crippen MR) is 80.8 cm³/mol. The Bertz CT molecular complexity index is 553. The fourth-order valence-corrected chi connectivity index (χ4v) is 1.71. The van der Waals surface area contributed by atoms with Crippen molar-refractivity contribution in [3.05, 3.63) is 48.3 Å². The third-order valence-corrected chi connectivity index (χ3v) is 3.91. The van der Waals surface area contributed by atoms with E-state index in [9.17, 15) is 5.11 Å². The van der Waals surface area contributed by atoms with Gasteiger partial charge in [-0.1, -0.05) is 18.2 Å². The molecule has 0 aliphatic heterocycles. The predicted octanol–water partition coefficient (Wildman–Crippen LogP) is 2.51. The number of hydrogen-bond acceptors (Lipinski definition) is 3. The van der Waals surface area contributed by atoms with Crippen molar-refractivity contribution in [3.8, 4) is 5.69 Å². The van der Waals surface area contributed by atoms with Gasteiger partial charge in [-0.2, -0.15) is 5.10 Å². The normalized spacial score (nSPS) is 12.7. The van der Waals surface area contributed by atoms with Gasteiger partial charge in [0.2, 0.25) is 0 Å². The number of hydrogen-bond donors (Lipinski definition) is 2. The molecular weight excluding hydrogens is 250 g/mol. The molecule has 1 heterocycles. The molecule has 4 heteroatoms. The molecule has 0 bridgehead atoms. The van der Waals surface area contributed by atoms with Crippen molar-refractivity contribution in [3.63, 3.8) is 0 Å². The maximum atomic E-state index is 10.1. The Morgan fingerprint density at radius 2 is 1.75 bits per heavy atom. The number of para-hydroxylation sites is 1. The van der Waals surface area contributed by atoms with Gasteiger partial charge in [-0.15, -0.1) is 0 Å². The minimum atomic E-state index is -0.797. The van der Waals surface area contributed by atoms with E-state index in [0.29, 0.717) is 6.54 Å². The minimum absolute atomic E-state index is 0.385. The van der Waals surface area contributed by atoms with Gasteiger partial charge in [0.1, 0.15) is 0 Å². The summed E-state index contributed by atoms with van der Waals surface area (Å²) in [5.74, 6) is 0. The number of benzene rings is 1. The third kappa shape index (κ3) is 3.26. The van der Waals surface area contributed by atoms with Gasteiger partial charge in [0.25, 0.3) is 0 Å². The van der Waals surface area contributed by atoms with E-state index in [0.717, 1.165) is 11.4 Å². The van der Waals surface area contributed by atoms with Crippen LogP contribution in [0.4, 0.5) is 0 Å². The second kappa shape index (κ2) is 5.38. The Morgan fingerprint density at radius 3 is 2.35 bits per heavy atom. The molecule has 0 radical (unpaired) electrons. The van der Waals surface area contributed by atoms with Gasteiger partial charge < -0.3 is 10.4 Å². The van der Waals surface area contributed by atoms with Crippen LogP contribution >= 0.6 is 0 Å². The number of aromatic nitrogens is 2. The van der Waals surface area contributed by atoms with Crippen LogP contribution in [0.15, 0.2) is 42.6 Å². The summed E-state index contributed by atoms with van der Waals surface area (Å²) in [5.41, 5.74) is 0.810. The highest BCUT2D eigenvalue weighted by molar-refractivity contribution is 5.30. The highest BCUT2D eigenvalue weighted by atomic mass is 16.3. The molecule has 0 unspecified atom stereocenters. The van der Waals surface area contributed by atoms with Gasteiger partial charge in [-0.05, 0) is 45.9 Å². The van der Waals surface area contributed by atoms with Crippen LogP contribution in [0.1, 0.15) is 33.4 Å². The van der Waals surface area contributed by atoms with E-state index >= 15 is 0 Å². The van der Waals surface area contributed by atoms with Gasteiger partial charge in [0, 0.05) is 18.3 Å². The van der Waals surface area contributed by atoms with Crippen LogP contribution in [0.25, 0.3) is 5.69 Å². The first-order valence-corrected chi connectivity index (χ1v) is 6.87. The first-order valence-electron chi connectivity index (χ1n) is 6.87. The monoisotopic (exact) mass is 273 g/mol. The Morgan fingerprint density at radius 1 is 1.10 bits per heavy atom. The summed E-state index contributed by atoms with van der Waals surface area (Å²) in [6.45, 7) is 8.21. The maximum Gasteiger partial charge on any atom is 0.0767 e. The van der Waals surface area contributed by atoms with Crippen molar-refractivity contribution in [1.82, 2.24) is 15.1 Å². The quantitative estimate of drug-likeness (QED) is 0.880. The van der Waals surface area contributed by atoms with Gasteiger partial charge in [-0.3, -0.25) is 0 Å². The van der Waals surface area contributed by atoms with E-state index in [1.807, 2.05) is 75.0 Å². The van der Waals surface area contributed by atoms with Crippen molar-refractivity contribution in [2.24, 2.45) is 0 Å². The van der Waals surface area contributed by atoms with E-state index in [1.54, 1.807) is 0 Å². The SMILES string of the molecule is CC(C)(O)C(C)(C)NCc1ccn(-c2ccccc2)n1. The summed E-state index contributed by atoms with van der Waals surface area (Å²) in [5, 5.41) is 18.0. The second-order valence-corrected chi connectivity index (χ2v) is 6.12. The van der Waals surface area contributed by atoms with E-state index in [4.69, 9.17) is 0 Å². The van der Waals surface area contributed by atoms with Crippen molar-refractivity contribution >= 4 is 0 Å². The molecule has 0 saturated heterocycles. The second-order valence-electron chi connectivity index (χ2n) is 6.12. The summed E-state index contributed by atoms with van der Waals surface area (Å²) in [7, 11) is 0. The third-order valence-electron chi connectivity index (χ3n) is 3.91. The van der Waals surface area contributed by atoms with Gasteiger partial charge in [0.05, 0.1) is 17.0 Å². The molecule has 108 valence electrons. The zero-order chi connectivity index (χ0) is 14.8. The Kier molecular flexibility index (Phi) is 3.97. The zero-order valence-corrected chi connectivity index (χ0v) is 12.6. The van der Waals surface area contributed by atoms with Crippen LogP contribution in [0.3, 0.4) is 0 Å². The first-order chi connectivity index (χ1) is 9.29. The number of nitrogens with one attached hydrogen (secondary N) is 1. The van der Waals surface area contributed by atoms with Crippen molar-refractivity contribution in [1.29, 1.82) is 0 Å². The Hall–Kier alpha value is -1.65. The molecule has 0 fully saturated rings. The standard InChI is InChI=1S/C16H23N3O/c1-15(2,16(3,4)20)17-12-13-10-11-19(18-13)14-8-6-5-7-9-14/h5-11,17,20H,12H2,1-4H3. The minimum Gasteiger partial charge on any atom is -0.389 e. The summed E-state index contributed by atoms with van der Waals surface area (Å²) >= 11 is 0. The average molecular weight is 273 g/mol. The molecule has 0 saturated carbocycles. The van der Waals surface area contributed by atoms with Crippen LogP contribution < -0.4 is 5.32 Å². The highest BCUT2D eigenvalue weighted by Gasteiger charge is 2.34. The maximum absolute atomic E-state index is 10.1. The average Bonchev–Trinajstić information content (AvgIpc) is 2.85. The number of aliphatic hydroxyl groups is 1. The number of rotatable bonds is 5. The lowest BCUT2D eigenvalue weighted by Crippen LogP contribution is -2.55. The first kappa shape index (κ1) is 14.8. The van der Waals surface area contributed by atoms with Gasteiger partial charge in [0.15, 0.2) is 0 Å². The molecule has 2 aromatic rings. The van der Waals surface area contributed by atoms with Crippen molar-refractivity contribution < 1.29 is 5.11 Å². The van der Waals surface area contributed by atoms with Crippen LogP contribution in [0.2, 0.25) is 0 Å². The molecule has 1 aromatic heterocycles. The van der Waals surface area contributed by atoms with Crippen LogP contribution in [-0.4, -0.2) is 26.0 Å². The van der Waals surface area contributed by atoms with Gasteiger partial charge in [-0.25, -0.2) is 4.68 Å². The molecule has 0 aliphatic carbocycles. The van der Waals surface area contributed by atoms with Crippen molar-refractivity contribution in [2.45, 2.75) is 45.4 Å². The Labute approximate surface area is 120 Å². The molecule has 0 spiro atoms. The molecule has 0 amide bonds. The fourth-order valence-electron chi connectivity index (χ4n) is 1.71. The van der Waals surface area contributed by atoms with Gasteiger partial charge >= 0.3 is 0 Å². The highest BCUT2D eigenvalue weighted by Crippen LogP contribution is 2.21. The molecule has 0 aliphatic rings. The van der Waals surface area contributed by atoms with E-state index in [-0.39, 0.29) is 5.54 Å². The molecule has 0 atom stereocenters. The lowest BCUT2D eigenvalue weighted by Gasteiger charge is -2.38. The van der Waals surface area contributed by atoms with E-state index in [1.165, 1.54) is 0 Å². The summed E-state index contributed by atoms with van der Waals surface area (Å²) in [6, 6.07) is 12.0. The van der Waals surface area contributed by atoms with E-state index in [2.05, 4.69) is 10.4 Å². The topological polar surface area (TPSA) is 50.1 Å². The molecule has 1 aromatic carbocycles. The lowest BCUT2D eigenvalue weighted by atomic mass is 9.86. The zero-order valence-electron chi connectivity index (χ0n) is 12.6. The largest absolute Gasteiger partial charge is 0.389 e. The van der Waals surface area contributed by atoms with Crippen LogP contribution in [-0.2, 0) is 6.54 Å².